The van der Waals surface area contributed by atoms with Crippen molar-refractivity contribution in [3.8, 4) is 12.1 Å². The van der Waals surface area contributed by atoms with E-state index in [1.165, 1.54) is 0 Å². The zero-order chi connectivity index (χ0) is 12.4. The van der Waals surface area contributed by atoms with Crippen molar-refractivity contribution >= 4 is 17.6 Å². The molecule has 0 atom stereocenters. The number of nitriles is 2. The SMILES string of the molecule is N#CC(C#N)C1=C(C=N)C(=O)c2ccccc21. The summed E-state index contributed by atoms with van der Waals surface area (Å²) in [5, 5.41) is 25.1. The van der Waals surface area contributed by atoms with Crippen molar-refractivity contribution < 1.29 is 4.79 Å². The van der Waals surface area contributed by atoms with Gasteiger partial charge < -0.3 is 5.41 Å². The molecular formula is C13H7N3O. The molecule has 2 rings (SSSR count). The number of nitrogens with zero attached hydrogens (tertiary/aromatic N) is 2. The Balaban J connectivity index is 2.74. The lowest BCUT2D eigenvalue weighted by molar-refractivity contribution is 0.104. The van der Waals surface area contributed by atoms with Crippen LogP contribution < -0.4 is 0 Å². The van der Waals surface area contributed by atoms with E-state index in [9.17, 15) is 4.79 Å². The van der Waals surface area contributed by atoms with Gasteiger partial charge in [-0.2, -0.15) is 10.5 Å². The largest absolute Gasteiger partial charge is 0.308 e. The van der Waals surface area contributed by atoms with E-state index in [0.29, 0.717) is 16.7 Å². The first kappa shape index (κ1) is 10.8. The van der Waals surface area contributed by atoms with Crippen LogP contribution in [-0.2, 0) is 0 Å². The van der Waals surface area contributed by atoms with E-state index >= 15 is 0 Å². The average molecular weight is 221 g/mol. The summed E-state index contributed by atoms with van der Waals surface area (Å²) < 4.78 is 0. The maximum absolute atomic E-state index is 11.9. The lowest BCUT2D eigenvalue weighted by Gasteiger charge is -2.04. The molecule has 17 heavy (non-hydrogen) atoms. The molecule has 1 N–H and O–H groups in total. The Labute approximate surface area is 97.9 Å². The number of Topliss-reactive ketones (excluding diaryl/α,β-unsaturated/α-hetero) is 1. The Kier molecular flexibility index (Phi) is 2.56. The van der Waals surface area contributed by atoms with Crippen LogP contribution in [0, 0.1) is 34.0 Å². The summed E-state index contributed by atoms with van der Waals surface area (Å²) in [7, 11) is 0. The Morgan fingerprint density at radius 3 is 2.29 bits per heavy atom. The van der Waals surface area contributed by atoms with Gasteiger partial charge in [0.25, 0.3) is 0 Å². The molecule has 0 radical (unpaired) electrons. The minimum absolute atomic E-state index is 0.138. The van der Waals surface area contributed by atoms with Gasteiger partial charge in [-0.05, 0) is 5.56 Å². The predicted molar refractivity (Wildman–Crippen MR) is 61.2 cm³/mol. The molecule has 1 aromatic rings. The first-order valence-electron chi connectivity index (χ1n) is 4.92. The number of ketones is 1. The molecule has 0 aromatic heterocycles. The van der Waals surface area contributed by atoms with E-state index in [-0.39, 0.29) is 11.4 Å². The van der Waals surface area contributed by atoms with E-state index in [1.54, 1.807) is 24.3 Å². The van der Waals surface area contributed by atoms with Crippen LogP contribution in [0.5, 0.6) is 0 Å². The Hall–Kier alpha value is -2.72. The smallest absolute Gasteiger partial charge is 0.195 e. The standard InChI is InChI=1S/C13H7N3O/c14-5-8(6-15)12-9-3-1-2-4-10(9)13(17)11(12)7-16/h1-4,7-8,16H. The molecule has 0 aliphatic heterocycles. The van der Waals surface area contributed by atoms with Gasteiger partial charge in [0.1, 0.15) is 0 Å². The molecular weight excluding hydrogens is 214 g/mol. The van der Waals surface area contributed by atoms with Gasteiger partial charge in [-0.3, -0.25) is 4.79 Å². The number of hydrogen-bond donors (Lipinski definition) is 1. The van der Waals surface area contributed by atoms with Crippen molar-refractivity contribution in [3.63, 3.8) is 0 Å². The fourth-order valence-electron chi connectivity index (χ4n) is 1.94. The highest BCUT2D eigenvalue weighted by molar-refractivity contribution is 6.31. The first-order valence-corrected chi connectivity index (χ1v) is 4.92. The number of nitrogens with one attached hydrogen (secondary N) is 1. The summed E-state index contributed by atoms with van der Waals surface area (Å²) in [6.07, 6.45) is 0.916. The van der Waals surface area contributed by atoms with Crippen LogP contribution in [0.25, 0.3) is 5.57 Å². The summed E-state index contributed by atoms with van der Waals surface area (Å²) in [5.74, 6) is -1.31. The van der Waals surface area contributed by atoms with Crippen LogP contribution in [0.2, 0.25) is 0 Å². The van der Waals surface area contributed by atoms with Crippen molar-refractivity contribution in [2.75, 3.05) is 0 Å². The minimum atomic E-state index is -1.01. The van der Waals surface area contributed by atoms with Crippen LogP contribution in [-0.4, -0.2) is 12.0 Å². The normalized spacial score (nSPS) is 13.2. The first-order chi connectivity index (χ1) is 8.24. The second-order valence-electron chi connectivity index (χ2n) is 3.54. The number of carbonyl (C=O) groups is 1. The van der Waals surface area contributed by atoms with Gasteiger partial charge in [0.15, 0.2) is 11.7 Å². The van der Waals surface area contributed by atoms with Crippen molar-refractivity contribution in [1.29, 1.82) is 15.9 Å². The second-order valence-corrected chi connectivity index (χ2v) is 3.54. The van der Waals surface area contributed by atoms with Gasteiger partial charge in [-0.1, -0.05) is 24.3 Å². The van der Waals surface area contributed by atoms with Gasteiger partial charge in [0, 0.05) is 22.9 Å². The lowest BCUT2D eigenvalue weighted by Crippen LogP contribution is -2.01. The highest BCUT2D eigenvalue weighted by Crippen LogP contribution is 2.36. The van der Waals surface area contributed by atoms with Crippen molar-refractivity contribution in [1.82, 2.24) is 0 Å². The number of benzene rings is 1. The number of fused-ring (bicyclic) bond motifs is 1. The average Bonchev–Trinajstić information content (AvgIpc) is 2.65. The molecule has 4 nitrogen and oxygen atoms in total. The quantitative estimate of drug-likeness (QED) is 0.774. The van der Waals surface area contributed by atoms with E-state index in [2.05, 4.69) is 0 Å². The highest BCUT2D eigenvalue weighted by Gasteiger charge is 2.32. The molecule has 1 aliphatic rings. The lowest BCUT2D eigenvalue weighted by atomic mass is 9.94. The maximum Gasteiger partial charge on any atom is 0.195 e. The van der Waals surface area contributed by atoms with Crippen LogP contribution in [0.4, 0.5) is 0 Å². The predicted octanol–water partition coefficient (Wildman–Crippen LogP) is 1.95. The van der Waals surface area contributed by atoms with Crippen LogP contribution in [0.15, 0.2) is 29.8 Å². The van der Waals surface area contributed by atoms with Crippen molar-refractivity contribution in [2.24, 2.45) is 5.92 Å². The molecule has 0 bridgehead atoms. The Morgan fingerprint density at radius 2 is 1.76 bits per heavy atom. The van der Waals surface area contributed by atoms with E-state index in [1.807, 2.05) is 12.1 Å². The molecule has 0 spiro atoms. The second kappa shape index (κ2) is 4.03. The number of rotatable bonds is 2. The minimum Gasteiger partial charge on any atom is -0.308 e. The molecule has 0 heterocycles. The molecule has 0 amide bonds. The molecule has 1 aliphatic carbocycles. The third-order valence-corrected chi connectivity index (χ3v) is 2.69. The Bertz CT molecular complexity index is 615. The maximum atomic E-state index is 11.9. The summed E-state index contributed by atoms with van der Waals surface area (Å²) in [4.78, 5) is 11.9. The van der Waals surface area contributed by atoms with Gasteiger partial charge in [-0.15, -0.1) is 0 Å². The monoisotopic (exact) mass is 221 g/mol. The summed E-state index contributed by atoms with van der Waals surface area (Å²) >= 11 is 0. The summed E-state index contributed by atoms with van der Waals surface area (Å²) in [5.41, 5.74) is 1.53. The zero-order valence-electron chi connectivity index (χ0n) is 8.77. The van der Waals surface area contributed by atoms with E-state index in [4.69, 9.17) is 15.9 Å². The van der Waals surface area contributed by atoms with E-state index in [0.717, 1.165) is 6.21 Å². The molecule has 80 valence electrons. The van der Waals surface area contributed by atoms with E-state index < -0.39 is 5.92 Å². The van der Waals surface area contributed by atoms with Gasteiger partial charge >= 0.3 is 0 Å². The topological polar surface area (TPSA) is 88.5 Å². The van der Waals surface area contributed by atoms with Gasteiger partial charge in [0.2, 0.25) is 0 Å². The van der Waals surface area contributed by atoms with Gasteiger partial charge in [0.05, 0.1) is 12.1 Å². The summed E-state index contributed by atoms with van der Waals surface area (Å²) in [6, 6.07) is 10.5. The molecule has 0 unspecified atom stereocenters. The van der Waals surface area contributed by atoms with Crippen LogP contribution in [0.1, 0.15) is 15.9 Å². The third kappa shape index (κ3) is 1.44. The van der Waals surface area contributed by atoms with Crippen molar-refractivity contribution in [2.45, 2.75) is 0 Å². The fraction of sp³-hybridized carbons (Fsp3) is 0.0769. The van der Waals surface area contributed by atoms with Crippen LogP contribution >= 0.6 is 0 Å². The number of carbonyl (C=O) groups excluding carboxylic acids is 1. The highest BCUT2D eigenvalue weighted by atomic mass is 16.1. The zero-order valence-corrected chi connectivity index (χ0v) is 8.77. The van der Waals surface area contributed by atoms with Crippen LogP contribution in [0.3, 0.4) is 0 Å². The Morgan fingerprint density at radius 1 is 1.18 bits per heavy atom. The molecule has 0 saturated heterocycles. The van der Waals surface area contributed by atoms with Crippen molar-refractivity contribution in [3.05, 3.63) is 41.0 Å². The van der Waals surface area contributed by atoms with Gasteiger partial charge in [-0.25, -0.2) is 0 Å². The fourth-order valence-corrected chi connectivity index (χ4v) is 1.94. The molecule has 0 fully saturated rings. The molecule has 1 aromatic carbocycles. The summed E-state index contributed by atoms with van der Waals surface area (Å²) in [6.45, 7) is 0. The number of allylic oxidation sites excluding steroid dienone is 2. The third-order valence-electron chi connectivity index (χ3n) is 2.69. The number of hydrogen-bond acceptors (Lipinski definition) is 4. The molecule has 4 heteroatoms. The molecule has 0 saturated carbocycles.